The van der Waals surface area contributed by atoms with Crippen LogP contribution in [0, 0.1) is 5.92 Å². The van der Waals surface area contributed by atoms with Crippen molar-refractivity contribution >= 4 is 39.1 Å². The van der Waals surface area contributed by atoms with E-state index in [1.165, 1.54) is 16.4 Å². The van der Waals surface area contributed by atoms with Crippen LogP contribution in [0.15, 0.2) is 47.4 Å². The van der Waals surface area contributed by atoms with Crippen LogP contribution >= 0.6 is 23.2 Å². The van der Waals surface area contributed by atoms with Crippen molar-refractivity contribution in [3.05, 3.63) is 58.1 Å². The molecule has 2 aromatic rings. The first-order chi connectivity index (χ1) is 14.8. The summed E-state index contributed by atoms with van der Waals surface area (Å²) in [6.07, 6.45) is 1.62. The molecule has 1 unspecified atom stereocenters. The quantitative estimate of drug-likeness (QED) is 0.619. The summed E-state index contributed by atoms with van der Waals surface area (Å²) in [5, 5.41) is 3.29. The lowest BCUT2D eigenvalue weighted by molar-refractivity contribution is -0.126. The molecule has 1 amide bonds. The summed E-state index contributed by atoms with van der Waals surface area (Å²) in [6, 6.07) is 12.1. The van der Waals surface area contributed by atoms with Gasteiger partial charge < -0.3 is 10.1 Å². The number of methoxy groups -OCH3 is 1. The van der Waals surface area contributed by atoms with Gasteiger partial charge in [-0.05, 0) is 49.1 Å². The van der Waals surface area contributed by atoms with Crippen LogP contribution < -0.4 is 10.1 Å². The third-order valence-corrected chi connectivity index (χ3v) is 8.44. The lowest BCUT2D eigenvalue weighted by Gasteiger charge is -2.32. The number of nitrogens with one attached hydrogen (secondary N) is 1. The second-order valence-electron chi connectivity index (χ2n) is 7.47. The fourth-order valence-electron chi connectivity index (χ4n) is 3.76. The summed E-state index contributed by atoms with van der Waals surface area (Å²) in [7, 11) is -2.21. The monoisotopic (exact) mass is 484 g/mol. The Balaban J connectivity index is 1.63. The molecule has 6 nitrogen and oxygen atoms in total. The lowest BCUT2D eigenvalue weighted by atomic mass is 9.95. The van der Waals surface area contributed by atoms with Gasteiger partial charge in [0.2, 0.25) is 15.9 Å². The van der Waals surface area contributed by atoms with Gasteiger partial charge >= 0.3 is 0 Å². The van der Waals surface area contributed by atoms with Gasteiger partial charge in [-0.1, -0.05) is 48.3 Å². The SMILES string of the molecule is CCC(NC(=O)C1CCN(S(=O)(=O)c2c(Cl)cccc2Cl)CC1)c1ccc(OC)cc1. The van der Waals surface area contributed by atoms with Crippen LogP contribution in [-0.2, 0) is 14.8 Å². The predicted octanol–water partition coefficient (Wildman–Crippen LogP) is 4.67. The van der Waals surface area contributed by atoms with Crippen LogP contribution in [0.3, 0.4) is 0 Å². The molecule has 31 heavy (non-hydrogen) atoms. The van der Waals surface area contributed by atoms with Crippen molar-refractivity contribution in [1.82, 2.24) is 9.62 Å². The molecule has 3 rings (SSSR count). The molecule has 1 atom stereocenters. The number of hydrogen-bond acceptors (Lipinski definition) is 4. The largest absolute Gasteiger partial charge is 0.497 e. The van der Waals surface area contributed by atoms with E-state index in [0.29, 0.717) is 12.8 Å². The molecular formula is C22H26Cl2N2O4S. The Bertz CT molecular complexity index is 1000. The summed E-state index contributed by atoms with van der Waals surface area (Å²) >= 11 is 12.2. The highest BCUT2D eigenvalue weighted by molar-refractivity contribution is 7.89. The maximum atomic E-state index is 13.0. The highest BCUT2D eigenvalue weighted by Crippen LogP contribution is 2.33. The molecule has 1 N–H and O–H groups in total. The third-order valence-electron chi connectivity index (χ3n) is 5.58. The van der Waals surface area contributed by atoms with Crippen LogP contribution in [-0.4, -0.2) is 38.8 Å². The molecule has 1 aliphatic rings. The van der Waals surface area contributed by atoms with E-state index in [9.17, 15) is 13.2 Å². The van der Waals surface area contributed by atoms with E-state index in [0.717, 1.165) is 17.7 Å². The third kappa shape index (κ3) is 5.34. The second kappa shape index (κ2) is 10.2. The number of hydrogen-bond donors (Lipinski definition) is 1. The number of ether oxygens (including phenoxy) is 1. The average molecular weight is 485 g/mol. The summed E-state index contributed by atoms with van der Waals surface area (Å²) in [6.45, 7) is 2.49. The van der Waals surface area contributed by atoms with Gasteiger partial charge in [0.15, 0.2) is 0 Å². The fourth-order valence-corrected chi connectivity index (χ4v) is 6.32. The van der Waals surface area contributed by atoms with Gasteiger partial charge in [-0.2, -0.15) is 4.31 Å². The van der Waals surface area contributed by atoms with Gasteiger partial charge in [-0.25, -0.2) is 8.42 Å². The van der Waals surface area contributed by atoms with E-state index in [4.69, 9.17) is 27.9 Å². The van der Waals surface area contributed by atoms with Gasteiger partial charge in [0, 0.05) is 19.0 Å². The number of rotatable bonds is 7. The zero-order valence-electron chi connectivity index (χ0n) is 17.5. The topological polar surface area (TPSA) is 75.7 Å². The van der Waals surface area contributed by atoms with Crippen LogP contribution in [0.25, 0.3) is 0 Å². The standard InChI is InChI=1S/C22H26Cl2N2O4S/c1-3-20(15-7-9-17(30-2)10-8-15)25-22(27)16-11-13-26(14-12-16)31(28,29)21-18(23)5-4-6-19(21)24/h4-10,16,20H,3,11-14H2,1-2H3,(H,25,27). The van der Waals surface area contributed by atoms with Gasteiger partial charge in [-0.15, -0.1) is 0 Å². The Labute approximate surface area is 193 Å². The normalized spacial score (nSPS) is 16.6. The Morgan fingerprint density at radius 2 is 1.71 bits per heavy atom. The zero-order valence-corrected chi connectivity index (χ0v) is 19.8. The van der Waals surface area contributed by atoms with Gasteiger partial charge in [0.25, 0.3) is 0 Å². The molecule has 0 bridgehead atoms. The van der Waals surface area contributed by atoms with E-state index in [-0.39, 0.29) is 45.9 Å². The molecule has 2 aromatic carbocycles. The minimum Gasteiger partial charge on any atom is -0.497 e. The van der Waals surface area contributed by atoms with Gasteiger partial charge in [0.1, 0.15) is 10.6 Å². The molecule has 0 aromatic heterocycles. The minimum atomic E-state index is -3.82. The van der Waals surface area contributed by atoms with Crippen LogP contribution in [0.2, 0.25) is 10.0 Å². The number of halogens is 2. The molecular weight excluding hydrogens is 459 g/mol. The first-order valence-electron chi connectivity index (χ1n) is 10.2. The summed E-state index contributed by atoms with van der Waals surface area (Å²) in [4.78, 5) is 12.8. The van der Waals surface area contributed by atoms with Crippen molar-refractivity contribution < 1.29 is 17.9 Å². The average Bonchev–Trinajstić information content (AvgIpc) is 2.77. The van der Waals surface area contributed by atoms with Crippen molar-refractivity contribution in [2.24, 2.45) is 5.92 Å². The number of nitrogens with zero attached hydrogens (tertiary/aromatic N) is 1. The molecule has 0 aliphatic carbocycles. The van der Waals surface area contributed by atoms with Crippen molar-refractivity contribution in [3.8, 4) is 5.75 Å². The lowest BCUT2D eigenvalue weighted by Crippen LogP contribution is -2.43. The molecule has 1 saturated heterocycles. The second-order valence-corrected chi connectivity index (χ2v) is 10.2. The smallest absolute Gasteiger partial charge is 0.246 e. The molecule has 1 heterocycles. The van der Waals surface area contributed by atoms with Gasteiger partial charge in [0.05, 0.1) is 23.2 Å². The molecule has 0 spiro atoms. The number of benzene rings is 2. The molecule has 1 aliphatic heterocycles. The minimum absolute atomic E-state index is 0.0597. The molecule has 9 heteroatoms. The highest BCUT2D eigenvalue weighted by atomic mass is 35.5. The van der Waals surface area contributed by atoms with Crippen LogP contribution in [0.4, 0.5) is 0 Å². The Hall–Kier alpha value is -1.80. The van der Waals surface area contributed by atoms with Crippen molar-refractivity contribution in [2.45, 2.75) is 37.1 Å². The number of piperidine rings is 1. The van der Waals surface area contributed by atoms with E-state index in [1.54, 1.807) is 13.2 Å². The predicted molar refractivity (Wildman–Crippen MR) is 122 cm³/mol. The first kappa shape index (κ1) is 23.9. The summed E-state index contributed by atoms with van der Waals surface area (Å²) in [5.41, 5.74) is 1.00. The van der Waals surface area contributed by atoms with Crippen LogP contribution in [0.1, 0.15) is 37.8 Å². The number of carbonyl (C=O) groups is 1. The maximum absolute atomic E-state index is 13.0. The van der Waals surface area contributed by atoms with Crippen molar-refractivity contribution in [3.63, 3.8) is 0 Å². The van der Waals surface area contributed by atoms with E-state index in [2.05, 4.69) is 5.32 Å². The molecule has 168 valence electrons. The Kier molecular flexibility index (Phi) is 7.86. The van der Waals surface area contributed by atoms with E-state index >= 15 is 0 Å². The summed E-state index contributed by atoms with van der Waals surface area (Å²) in [5.74, 6) is 0.452. The number of amides is 1. The fraction of sp³-hybridized carbons (Fsp3) is 0.409. The molecule has 1 fully saturated rings. The van der Waals surface area contributed by atoms with Crippen molar-refractivity contribution in [1.29, 1.82) is 0 Å². The molecule has 0 saturated carbocycles. The zero-order chi connectivity index (χ0) is 22.6. The first-order valence-corrected chi connectivity index (χ1v) is 12.4. The maximum Gasteiger partial charge on any atom is 0.246 e. The van der Waals surface area contributed by atoms with Crippen LogP contribution in [0.5, 0.6) is 5.75 Å². The van der Waals surface area contributed by atoms with E-state index < -0.39 is 10.0 Å². The Morgan fingerprint density at radius 3 is 2.23 bits per heavy atom. The van der Waals surface area contributed by atoms with Gasteiger partial charge in [-0.3, -0.25) is 4.79 Å². The summed E-state index contributed by atoms with van der Waals surface area (Å²) < 4.78 is 32.6. The number of sulfonamides is 1. The molecule has 0 radical (unpaired) electrons. The highest BCUT2D eigenvalue weighted by Gasteiger charge is 2.34. The Morgan fingerprint density at radius 1 is 1.13 bits per heavy atom. The van der Waals surface area contributed by atoms with Crippen molar-refractivity contribution in [2.75, 3.05) is 20.2 Å². The van der Waals surface area contributed by atoms with E-state index in [1.807, 2.05) is 31.2 Å². The number of carbonyl (C=O) groups excluding carboxylic acids is 1.